The second kappa shape index (κ2) is 7.79. The van der Waals surface area contributed by atoms with E-state index in [-0.39, 0.29) is 18.0 Å². The van der Waals surface area contributed by atoms with E-state index >= 15 is 0 Å². The Morgan fingerprint density at radius 1 is 1.19 bits per heavy atom. The van der Waals surface area contributed by atoms with Gasteiger partial charge in [0.2, 0.25) is 0 Å². The van der Waals surface area contributed by atoms with E-state index in [0.29, 0.717) is 30.9 Å². The molecule has 0 aromatic heterocycles. The number of carbonyl (C=O) groups excluding carboxylic acids is 2. The Morgan fingerprint density at radius 3 is 2.74 bits per heavy atom. The molecule has 2 aromatic rings. The van der Waals surface area contributed by atoms with Gasteiger partial charge in [-0.25, -0.2) is 0 Å². The Bertz CT molecular complexity index is 866. The van der Waals surface area contributed by atoms with Crippen molar-refractivity contribution in [3.63, 3.8) is 0 Å². The summed E-state index contributed by atoms with van der Waals surface area (Å²) in [6, 6.07) is 9.78. The molecule has 1 aliphatic carbocycles. The number of hydrogen-bond acceptors (Lipinski definition) is 5. The molecule has 1 heterocycles. The summed E-state index contributed by atoms with van der Waals surface area (Å²) in [5.74, 6) is -0.0286. The lowest BCUT2D eigenvalue weighted by molar-refractivity contribution is -0.182. The highest BCUT2D eigenvalue weighted by Crippen LogP contribution is 2.40. The lowest BCUT2D eigenvalue weighted by atomic mass is 9.79. The van der Waals surface area contributed by atoms with Crippen LogP contribution in [0.15, 0.2) is 30.3 Å². The molecule has 0 bridgehead atoms. The molecule has 1 fully saturated rings. The highest BCUT2D eigenvalue weighted by Gasteiger charge is 2.32. The molecular weight excluding hydrogens is 344 g/mol. The first-order chi connectivity index (χ1) is 13.1. The van der Waals surface area contributed by atoms with Crippen molar-refractivity contribution in [2.45, 2.75) is 45.3 Å². The minimum absolute atomic E-state index is 0.0639. The van der Waals surface area contributed by atoms with Crippen LogP contribution in [-0.2, 0) is 20.7 Å². The Kier molecular flexibility index (Phi) is 5.23. The van der Waals surface area contributed by atoms with E-state index in [0.717, 1.165) is 42.0 Å². The van der Waals surface area contributed by atoms with Crippen LogP contribution in [0.25, 0.3) is 10.8 Å². The number of hydrogen-bond donors (Lipinski definition) is 0. The Labute approximate surface area is 158 Å². The molecule has 27 heavy (non-hydrogen) atoms. The molecule has 5 nitrogen and oxygen atoms in total. The van der Waals surface area contributed by atoms with E-state index in [9.17, 15) is 9.59 Å². The van der Waals surface area contributed by atoms with E-state index in [1.807, 2.05) is 24.3 Å². The average molecular weight is 368 g/mol. The number of ether oxygens (including phenoxy) is 3. The van der Waals surface area contributed by atoms with Crippen LogP contribution in [0.2, 0.25) is 0 Å². The third-order valence-electron chi connectivity index (χ3n) is 5.36. The van der Waals surface area contributed by atoms with Gasteiger partial charge in [-0.05, 0) is 43.1 Å². The van der Waals surface area contributed by atoms with Crippen molar-refractivity contribution >= 4 is 22.5 Å². The van der Waals surface area contributed by atoms with Crippen molar-refractivity contribution in [3.8, 4) is 5.75 Å². The molecule has 0 saturated carbocycles. The molecular formula is C22H24O5. The Morgan fingerprint density at radius 2 is 1.96 bits per heavy atom. The molecule has 0 N–H and O–H groups in total. The summed E-state index contributed by atoms with van der Waals surface area (Å²) < 4.78 is 16.7. The zero-order valence-electron chi connectivity index (χ0n) is 15.5. The van der Waals surface area contributed by atoms with Crippen molar-refractivity contribution in [3.05, 3.63) is 41.5 Å². The Hall–Kier alpha value is -2.24. The van der Waals surface area contributed by atoms with E-state index in [1.165, 1.54) is 6.92 Å². The van der Waals surface area contributed by atoms with E-state index in [2.05, 4.69) is 6.07 Å². The van der Waals surface area contributed by atoms with E-state index in [1.54, 1.807) is 0 Å². The molecule has 0 amide bonds. The third kappa shape index (κ3) is 3.75. The second-order valence-corrected chi connectivity index (χ2v) is 7.26. The molecule has 2 aliphatic rings. The molecule has 4 rings (SSSR count). The molecule has 5 heteroatoms. The maximum atomic E-state index is 13.3. The number of Topliss-reactive ketones (excluding diaryl/α,β-unsaturated/α-hetero) is 1. The largest absolute Gasteiger partial charge is 0.425 e. The topological polar surface area (TPSA) is 61.8 Å². The summed E-state index contributed by atoms with van der Waals surface area (Å²) in [5, 5.41) is 1.79. The monoisotopic (exact) mass is 368 g/mol. The average Bonchev–Trinajstić information content (AvgIpc) is 2.68. The molecule has 0 radical (unpaired) electrons. The molecule has 0 spiro atoms. The van der Waals surface area contributed by atoms with E-state index < -0.39 is 5.97 Å². The van der Waals surface area contributed by atoms with Crippen LogP contribution in [-0.4, -0.2) is 31.3 Å². The zero-order chi connectivity index (χ0) is 18.8. The normalized spacial score (nSPS) is 20.5. The summed E-state index contributed by atoms with van der Waals surface area (Å²) >= 11 is 0. The van der Waals surface area contributed by atoms with Gasteiger partial charge in [0.25, 0.3) is 0 Å². The summed E-state index contributed by atoms with van der Waals surface area (Å²) in [6.45, 7) is 2.81. The van der Waals surface area contributed by atoms with Gasteiger partial charge in [0.1, 0.15) is 5.75 Å². The standard InChI is InChI=1S/C22H24O5/c1-14(23)27-22-18-6-3-2-5-16(18)13-17-8-7-15(21(24)20(17)22)9-10-19-25-11-4-12-26-19/h2-3,5-6,13,15,19H,4,7-12H2,1H3. The highest BCUT2D eigenvalue weighted by molar-refractivity contribution is 6.09. The summed E-state index contributed by atoms with van der Waals surface area (Å²) in [5.41, 5.74) is 1.54. The van der Waals surface area contributed by atoms with Crippen molar-refractivity contribution < 1.29 is 23.8 Å². The van der Waals surface area contributed by atoms with Crippen molar-refractivity contribution in [1.29, 1.82) is 0 Å². The first kappa shape index (κ1) is 18.1. The summed E-state index contributed by atoms with van der Waals surface area (Å²) in [6.07, 6.45) is 3.74. The van der Waals surface area contributed by atoms with Gasteiger partial charge < -0.3 is 14.2 Å². The van der Waals surface area contributed by atoms with Gasteiger partial charge in [-0.15, -0.1) is 0 Å². The van der Waals surface area contributed by atoms with Gasteiger partial charge in [0, 0.05) is 18.2 Å². The van der Waals surface area contributed by atoms with Gasteiger partial charge in [0.05, 0.1) is 18.8 Å². The molecule has 1 atom stereocenters. The first-order valence-corrected chi connectivity index (χ1v) is 9.64. The number of ketones is 1. The minimum atomic E-state index is -0.410. The van der Waals surface area contributed by atoms with Crippen LogP contribution in [0, 0.1) is 5.92 Å². The van der Waals surface area contributed by atoms with Crippen molar-refractivity contribution in [1.82, 2.24) is 0 Å². The summed E-state index contributed by atoms with van der Waals surface area (Å²) in [4.78, 5) is 25.0. The van der Waals surface area contributed by atoms with Crippen LogP contribution < -0.4 is 4.74 Å². The van der Waals surface area contributed by atoms with Gasteiger partial charge in [-0.1, -0.05) is 30.3 Å². The van der Waals surface area contributed by atoms with Crippen LogP contribution in [0.4, 0.5) is 0 Å². The number of carbonyl (C=O) groups is 2. The number of fused-ring (bicyclic) bond motifs is 2. The number of esters is 1. The predicted molar refractivity (Wildman–Crippen MR) is 101 cm³/mol. The fourth-order valence-corrected chi connectivity index (χ4v) is 4.07. The predicted octanol–water partition coefficient (Wildman–Crippen LogP) is 4.05. The van der Waals surface area contributed by atoms with E-state index in [4.69, 9.17) is 14.2 Å². The lowest BCUT2D eigenvalue weighted by Gasteiger charge is -2.28. The van der Waals surface area contributed by atoms with Crippen LogP contribution in [0.5, 0.6) is 5.75 Å². The minimum Gasteiger partial charge on any atom is -0.425 e. The maximum absolute atomic E-state index is 13.3. The number of rotatable bonds is 4. The van der Waals surface area contributed by atoms with Crippen LogP contribution in [0.3, 0.4) is 0 Å². The van der Waals surface area contributed by atoms with Crippen LogP contribution >= 0.6 is 0 Å². The first-order valence-electron chi connectivity index (χ1n) is 9.64. The lowest BCUT2D eigenvalue weighted by Crippen LogP contribution is -2.28. The van der Waals surface area contributed by atoms with Gasteiger partial charge >= 0.3 is 5.97 Å². The highest BCUT2D eigenvalue weighted by atomic mass is 16.7. The fourth-order valence-electron chi connectivity index (χ4n) is 4.07. The van der Waals surface area contributed by atoms with Gasteiger partial charge in [-0.2, -0.15) is 0 Å². The number of benzene rings is 2. The van der Waals surface area contributed by atoms with Gasteiger partial charge in [-0.3, -0.25) is 9.59 Å². The molecule has 2 aromatic carbocycles. The molecule has 1 aliphatic heterocycles. The smallest absolute Gasteiger partial charge is 0.308 e. The quantitative estimate of drug-likeness (QED) is 0.602. The third-order valence-corrected chi connectivity index (χ3v) is 5.36. The molecule has 142 valence electrons. The van der Waals surface area contributed by atoms with Gasteiger partial charge in [0.15, 0.2) is 12.1 Å². The van der Waals surface area contributed by atoms with Crippen molar-refractivity contribution in [2.24, 2.45) is 5.92 Å². The molecule has 1 unspecified atom stereocenters. The molecule has 1 saturated heterocycles. The SMILES string of the molecule is CC(=O)Oc1c2c(cc3ccccc13)CCC(CCC1OCCCO1)C2=O. The maximum Gasteiger partial charge on any atom is 0.308 e. The fraction of sp³-hybridized carbons (Fsp3) is 0.455. The van der Waals surface area contributed by atoms with Crippen LogP contribution in [0.1, 0.15) is 48.5 Å². The number of aryl methyl sites for hydroxylation is 1. The Balaban J connectivity index is 1.63. The van der Waals surface area contributed by atoms with Crippen molar-refractivity contribution in [2.75, 3.05) is 13.2 Å². The zero-order valence-corrected chi connectivity index (χ0v) is 15.5. The second-order valence-electron chi connectivity index (χ2n) is 7.26. The summed E-state index contributed by atoms with van der Waals surface area (Å²) in [7, 11) is 0.